The molecule has 0 aliphatic heterocycles. The fourth-order valence-electron chi connectivity index (χ4n) is 0.713. The number of halogens is 1. The van der Waals surface area contributed by atoms with E-state index in [9.17, 15) is 5.11 Å². The van der Waals surface area contributed by atoms with Gasteiger partial charge in [-0.25, -0.2) is 0 Å². The molecule has 64 valence electrons. The minimum Gasteiger partial charge on any atom is -0.384 e. The number of hydrogen-bond acceptors (Lipinski definition) is 4. The van der Waals surface area contributed by atoms with Crippen molar-refractivity contribution in [1.29, 1.82) is 5.26 Å². The maximum atomic E-state index is 9.32. The van der Waals surface area contributed by atoms with Crippen LogP contribution in [-0.4, -0.2) is 16.3 Å². The van der Waals surface area contributed by atoms with Gasteiger partial charge in [-0.05, 0) is 28.1 Å². The molecule has 0 saturated carbocycles. The maximum absolute atomic E-state index is 9.32. The second kappa shape index (κ2) is 4.01. The summed E-state index contributed by atoms with van der Waals surface area (Å²) in [4.78, 5) is 0.580. The Kier molecular flexibility index (Phi) is 3.23. The minimum absolute atomic E-state index is 0.580. The van der Waals surface area contributed by atoms with Crippen molar-refractivity contribution in [1.82, 2.24) is 0 Å². The van der Waals surface area contributed by atoms with Crippen molar-refractivity contribution in [2.45, 2.75) is 12.2 Å². The number of nitrogens with zero attached hydrogens (tertiary/aromatic N) is 1. The van der Waals surface area contributed by atoms with Gasteiger partial charge in [0, 0.05) is 4.88 Å². The molecule has 2 unspecified atom stereocenters. The normalized spacial score (nSPS) is 15.2. The number of rotatable bonds is 2. The highest BCUT2D eigenvalue weighted by Gasteiger charge is 2.18. The zero-order valence-corrected chi connectivity index (χ0v) is 8.34. The SMILES string of the molecule is N#CC(O)C(O)c1ccc(Br)s1. The van der Waals surface area contributed by atoms with Crippen LogP contribution in [0.4, 0.5) is 0 Å². The second-order valence-electron chi connectivity index (χ2n) is 2.16. The lowest BCUT2D eigenvalue weighted by Gasteiger charge is -2.07. The first-order valence-electron chi connectivity index (χ1n) is 3.16. The molecule has 0 aliphatic rings. The van der Waals surface area contributed by atoms with Gasteiger partial charge in [0.25, 0.3) is 0 Å². The van der Waals surface area contributed by atoms with Gasteiger partial charge < -0.3 is 10.2 Å². The first kappa shape index (κ1) is 9.68. The van der Waals surface area contributed by atoms with Crippen molar-refractivity contribution >= 4 is 27.3 Å². The molecule has 1 aromatic heterocycles. The third-order valence-electron chi connectivity index (χ3n) is 1.32. The summed E-state index contributed by atoms with van der Waals surface area (Å²) in [5, 5.41) is 26.6. The molecule has 1 aromatic rings. The van der Waals surface area contributed by atoms with Crippen LogP contribution in [0.1, 0.15) is 11.0 Å². The third-order valence-corrected chi connectivity index (χ3v) is 3.01. The molecule has 0 bridgehead atoms. The zero-order valence-electron chi connectivity index (χ0n) is 5.94. The molecule has 12 heavy (non-hydrogen) atoms. The molecular weight excluding hydrogens is 242 g/mol. The van der Waals surface area contributed by atoms with Crippen molar-refractivity contribution in [3.05, 3.63) is 20.8 Å². The zero-order chi connectivity index (χ0) is 9.14. The van der Waals surface area contributed by atoms with Crippen LogP contribution in [0.15, 0.2) is 15.9 Å². The van der Waals surface area contributed by atoms with Crippen LogP contribution >= 0.6 is 27.3 Å². The number of thiophene rings is 1. The summed E-state index contributed by atoms with van der Waals surface area (Å²) in [5.41, 5.74) is 0. The summed E-state index contributed by atoms with van der Waals surface area (Å²) in [7, 11) is 0. The van der Waals surface area contributed by atoms with Gasteiger partial charge in [0.05, 0.1) is 9.86 Å². The number of aliphatic hydroxyl groups is 2. The Labute approximate surface area is 82.0 Å². The topological polar surface area (TPSA) is 64.2 Å². The Balaban J connectivity index is 2.79. The molecule has 0 amide bonds. The summed E-state index contributed by atoms with van der Waals surface area (Å²) in [6.07, 6.45) is -2.46. The molecule has 0 spiro atoms. The van der Waals surface area contributed by atoms with E-state index in [1.807, 2.05) is 0 Å². The lowest BCUT2D eigenvalue weighted by Crippen LogP contribution is -2.14. The summed E-state index contributed by atoms with van der Waals surface area (Å²) in [5.74, 6) is 0. The van der Waals surface area contributed by atoms with Crippen LogP contribution in [0.5, 0.6) is 0 Å². The highest BCUT2D eigenvalue weighted by molar-refractivity contribution is 9.11. The molecule has 0 fully saturated rings. The first-order chi connectivity index (χ1) is 5.65. The quantitative estimate of drug-likeness (QED) is 0.778. The average molecular weight is 248 g/mol. The van der Waals surface area contributed by atoms with Gasteiger partial charge >= 0.3 is 0 Å². The van der Waals surface area contributed by atoms with Gasteiger partial charge in [0.1, 0.15) is 6.10 Å². The van der Waals surface area contributed by atoms with Gasteiger partial charge in [0.2, 0.25) is 0 Å². The van der Waals surface area contributed by atoms with Crippen LogP contribution in [-0.2, 0) is 0 Å². The van der Waals surface area contributed by atoms with Gasteiger partial charge in [-0.3, -0.25) is 0 Å². The van der Waals surface area contributed by atoms with E-state index in [1.54, 1.807) is 18.2 Å². The third kappa shape index (κ3) is 2.05. The number of aliphatic hydroxyl groups excluding tert-OH is 2. The predicted octanol–water partition coefficient (Wildman–Crippen LogP) is 1.43. The van der Waals surface area contributed by atoms with Crippen LogP contribution in [0.2, 0.25) is 0 Å². The lowest BCUT2D eigenvalue weighted by molar-refractivity contribution is 0.0552. The van der Waals surface area contributed by atoms with Gasteiger partial charge in [-0.15, -0.1) is 11.3 Å². The molecule has 0 saturated heterocycles. The van der Waals surface area contributed by atoms with Gasteiger partial charge in [0.15, 0.2) is 6.10 Å². The molecule has 1 rings (SSSR count). The van der Waals surface area contributed by atoms with E-state index in [0.717, 1.165) is 3.79 Å². The molecule has 2 atom stereocenters. The summed E-state index contributed by atoms with van der Waals surface area (Å²) in [6, 6.07) is 4.99. The van der Waals surface area contributed by atoms with Crippen LogP contribution in [0.25, 0.3) is 0 Å². The fraction of sp³-hybridized carbons (Fsp3) is 0.286. The maximum Gasteiger partial charge on any atom is 0.171 e. The monoisotopic (exact) mass is 247 g/mol. The Morgan fingerprint density at radius 1 is 1.50 bits per heavy atom. The molecule has 3 nitrogen and oxygen atoms in total. The van der Waals surface area contributed by atoms with Crippen molar-refractivity contribution in [3.63, 3.8) is 0 Å². The van der Waals surface area contributed by atoms with E-state index in [2.05, 4.69) is 15.9 Å². The Hall–Kier alpha value is -0.410. The fourth-order valence-corrected chi connectivity index (χ4v) is 2.15. The van der Waals surface area contributed by atoms with Crippen molar-refractivity contribution in [2.24, 2.45) is 0 Å². The highest BCUT2D eigenvalue weighted by atomic mass is 79.9. The number of hydrogen-bond donors (Lipinski definition) is 2. The van der Waals surface area contributed by atoms with E-state index in [0.29, 0.717) is 4.88 Å². The lowest BCUT2D eigenvalue weighted by atomic mass is 10.2. The molecular formula is C7H6BrNO2S. The van der Waals surface area contributed by atoms with E-state index in [1.165, 1.54) is 11.3 Å². The van der Waals surface area contributed by atoms with Crippen LogP contribution in [0.3, 0.4) is 0 Å². The van der Waals surface area contributed by atoms with E-state index in [-0.39, 0.29) is 0 Å². The van der Waals surface area contributed by atoms with E-state index < -0.39 is 12.2 Å². The van der Waals surface area contributed by atoms with Crippen molar-refractivity contribution in [2.75, 3.05) is 0 Å². The first-order valence-corrected chi connectivity index (χ1v) is 4.77. The molecule has 1 heterocycles. The largest absolute Gasteiger partial charge is 0.384 e. The number of nitriles is 1. The van der Waals surface area contributed by atoms with Crippen LogP contribution < -0.4 is 0 Å². The van der Waals surface area contributed by atoms with Crippen molar-refractivity contribution in [3.8, 4) is 6.07 Å². The predicted molar refractivity (Wildman–Crippen MR) is 48.6 cm³/mol. The van der Waals surface area contributed by atoms with Crippen LogP contribution in [0, 0.1) is 11.3 Å². The highest BCUT2D eigenvalue weighted by Crippen LogP contribution is 2.28. The molecule has 0 radical (unpaired) electrons. The average Bonchev–Trinajstić information content (AvgIpc) is 2.49. The molecule has 5 heteroatoms. The Morgan fingerprint density at radius 2 is 2.17 bits per heavy atom. The van der Waals surface area contributed by atoms with E-state index in [4.69, 9.17) is 10.4 Å². The molecule has 0 aromatic carbocycles. The van der Waals surface area contributed by atoms with Crippen molar-refractivity contribution < 1.29 is 10.2 Å². The summed E-state index contributed by atoms with van der Waals surface area (Å²) in [6.45, 7) is 0. The van der Waals surface area contributed by atoms with Gasteiger partial charge in [-0.1, -0.05) is 0 Å². The summed E-state index contributed by atoms with van der Waals surface area (Å²) < 4.78 is 0.863. The molecule has 2 N–H and O–H groups in total. The van der Waals surface area contributed by atoms with E-state index >= 15 is 0 Å². The Morgan fingerprint density at radius 3 is 2.58 bits per heavy atom. The minimum atomic E-state index is -1.35. The smallest absolute Gasteiger partial charge is 0.171 e. The molecule has 0 aliphatic carbocycles. The standard InChI is InChI=1S/C7H6BrNO2S/c8-6-2-1-5(12-6)7(11)4(10)3-9/h1-2,4,7,10-11H. The van der Waals surface area contributed by atoms with Gasteiger partial charge in [-0.2, -0.15) is 5.26 Å². The summed E-state index contributed by atoms with van der Waals surface area (Å²) >= 11 is 4.51. The second-order valence-corrected chi connectivity index (χ2v) is 4.66. The Bertz CT molecular complexity index is 307.